The molecule has 0 spiro atoms. The van der Waals surface area contributed by atoms with Gasteiger partial charge in [-0.3, -0.25) is 0 Å². The third-order valence-electron chi connectivity index (χ3n) is 3.87. The van der Waals surface area contributed by atoms with Crippen molar-refractivity contribution in [3.8, 4) is 0 Å². The molecule has 0 atom stereocenters. The van der Waals surface area contributed by atoms with Crippen LogP contribution in [0.3, 0.4) is 0 Å². The zero-order chi connectivity index (χ0) is 15.6. The van der Waals surface area contributed by atoms with Gasteiger partial charge in [-0.1, -0.05) is 12.8 Å². The molecule has 21 heavy (non-hydrogen) atoms. The molecule has 0 aromatic heterocycles. The normalized spacial score (nSPS) is 16.5. The maximum atomic E-state index is 12.5. The van der Waals surface area contributed by atoms with Gasteiger partial charge >= 0.3 is 5.97 Å². The molecule has 0 unspecified atom stereocenters. The summed E-state index contributed by atoms with van der Waals surface area (Å²) in [4.78, 5) is 11.1. The number of carbonyl (C=O) groups is 1. The van der Waals surface area contributed by atoms with Gasteiger partial charge in [0, 0.05) is 18.1 Å². The Labute approximate surface area is 133 Å². The Bertz CT molecular complexity index is 638. The second-order valence-electron chi connectivity index (χ2n) is 5.38. The first-order valence-electron chi connectivity index (χ1n) is 6.81. The minimum atomic E-state index is -3.65. The second kappa shape index (κ2) is 6.46. The van der Waals surface area contributed by atoms with Crippen molar-refractivity contribution < 1.29 is 18.3 Å². The van der Waals surface area contributed by atoms with E-state index >= 15 is 0 Å². The van der Waals surface area contributed by atoms with Crippen LogP contribution < -0.4 is 0 Å². The summed E-state index contributed by atoms with van der Waals surface area (Å²) in [6, 6.07) is 4.09. The van der Waals surface area contributed by atoms with Crippen molar-refractivity contribution in [2.24, 2.45) is 5.92 Å². The molecular formula is C14H18BrNO4S. The first-order valence-corrected chi connectivity index (χ1v) is 9.05. The minimum absolute atomic E-state index is 0.0172. The maximum absolute atomic E-state index is 12.5. The van der Waals surface area contributed by atoms with Gasteiger partial charge in [0.15, 0.2) is 0 Å². The number of rotatable bonds is 5. The fourth-order valence-electron chi connectivity index (χ4n) is 2.66. The summed E-state index contributed by atoms with van der Waals surface area (Å²) in [6.45, 7) is 0.487. The molecule has 0 radical (unpaired) electrons. The first kappa shape index (κ1) is 16.5. The average Bonchev–Trinajstić information content (AvgIpc) is 2.91. The monoisotopic (exact) mass is 375 g/mol. The molecule has 1 N–H and O–H groups in total. The Morgan fingerprint density at radius 2 is 2.00 bits per heavy atom. The molecule has 0 saturated heterocycles. The number of halogens is 1. The molecule has 0 amide bonds. The van der Waals surface area contributed by atoms with E-state index in [1.807, 2.05) is 0 Å². The summed E-state index contributed by atoms with van der Waals surface area (Å²) < 4.78 is 26.7. The molecule has 2 rings (SSSR count). The summed E-state index contributed by atoms with van der Waals surface area (Å²) in [5, 5.41) is 9.09. The van der Waals surface area contributed by atoms with Gasteiger partial charge in [0.1, 0.15) is 0 Å². The highest BCUT2D eigenvalue weighted by Gasteiger charge is 2.26. The Morgan fingerprint density at radius 3 is 2.57 bits per heavy atom. The fraction of sp³-hybridized carbons (Fsp3) is 0.500. The predicted molar refractivity (Wildman–Crippen MR) is 82.9 cm³/mol. The highest BCUT2D eigenvalue weighted by Crippen LogP contribution is 2.28. The van der Waals surface area contributed by atoms with Gasteiger partial charge in [0.2, 0.25) is 10.0 Å². The van der Waals surface area contributed by atoms with Crippen LogP contribution in [0.5, 0.6) is 0 Å². The summed E-state index contributed by atoms with van der Waals surface area (Å²) in [5.41, 5.74) is -0.0506. The van der Waals surface area contributed by atoms with E-state index < -0.39 is 16.0 Å². The van der Waals surface area contributed by atoms with Crippen molar-refractivity contribution in [3.63, 3.8) is 0 Å². The largest absolute Gasteiger partial charge is 0.478 e. The number of aromatic carboxylic acids is 1. The van der Waals surface area contributed by atoms with Crippen LogP contribution in [0.1, 0.15) is 36.0 Å². The summed E-state index contributed by atoms with van der Waals surface area (Å²) >= 11 is 3.12. The summed E-state index contributed by atoms with van der Waals surface area (Å²) in [5.74, 6) is -0.753. The molecule has 1 saturated carbocycles. The Balaban J connectivity index is 2.26. The summed E-state index contributed by atoms with van der Waals surface area (Å²) in [7, 11) is -2.10. The lowest BCUT2D eigenvalue weighted by atomic mass is 10.1. The second-order valence-corrected chi connectivity index (χ2v) is 8.28. The molecule has 1 aliphatic rings. The zero-order valence-corrected chi connectivity index (χ0v) is 14.2. The molecule has 1 fully saturated rings. The van der Waals surface area contributed by atoms with Crippen LogP contribution in [0, 0.1) is 5.92 Å². The minimum Gasteiger partial charge on any atom is -0.478 e. The number of benzene rings is 1. The molecule has 0 bridgehead atoms. The molecule has 7 heteroatoms. The quantitative estimate of drug-likeness (QED) is 0.858. The van der Waals surface area contributed by atoms with Gasteiger partial charge in [0.05, 0.1) is 10.5 Å². The Hall–Kier alpha value is -0.920. The molecular weight excluding hydrogens is 358 g/mol. The molecule has 1 aliphatic carbocycles. The van der Waals surface area contributed by atoms with Gasteiger partial charge in [0.25, 0.3) is 0 Å². The number of sulfonamides is 1. The van der Waals surface area contributed by atoms with Crippen molar-refractivity contribution in [1.29, 1.82) is 0 Å². The van der Waals surface area contributed by atoms with E-state index in [0.717, 1.165) is 25.7 Å². The number of nitrogens with zero attached hydrogens (tertiary/aromatic N) is 1. The third kappa shape index (κ3) is 3.64. The number of carboxylic acid groups (broad SMARTS) is 1. The highest BCUT2D eigenvalue weighted by atomic mass is 79.9. The summed E-state index contributed by atoms with van der Waals surface area (Å²) in [6.07, 6.45) is 4.42. The molecule has 0 heterocycles. The van der Waals surface area contributed by atoms with E-state index in [0.29, 0.717) is 16.9 Å². The highest BCUT2D eigenvalue weighted by molar-refractivity contribution is 9.10. The lowest BCUT2D eigenvalue weighted by Crippen LogP contribution is -2.31. The van der Waals surface area contributed by atoms with Crippen molar-refractivity contribution in [1.82, 2.24) is 4.31 Å². The van der Waals surface area contributed by atoms with Crippen molar-refractivity contribution in [2.75, 3.05) is 13.6 Å². The van der Waals surface area contributed by atoms with E-state index in [2.05, 4.69) is 15.9 Å². The van der Waals surface area contributed by atoms with Crippen LogP contribution in [0.4, 0.5) is 0 Å². The van der Waals surface area contributed by atoms with Gasteiger partial charge < -0.3 is 5.11 Å². The van der Waals surface area contributed by atoms with Gasteiger partial charge in [-0.25, -0.2) is 17.5 Å². The molecule has 0 aliphatic heterocycles. The van der Waals surface area contributed by atoms with Crippen LogP contribution >= 0.6 is 15.9 Å². The SMILES string of the molecule is CN(CC1CCCC1)S(=O)(=O)c1ccc(Br)c(C(=O)O)c1. The van der Waals surface area contributed by atoms with Crippen LogP contribution in [0.2, 0.25) is 0 Å². The lowest BCUT2D eigenvalue weighted by Gasteiger charge is -2.21. The van der Waals surface area contributed by atoms with Gasteiger partial charge in [-0.15, -0.1) is 0 Å². The average molecular weight is 376 g/mol. The van der Waals surface area contributed by atoms with Crippen molar-refractivity contribution in [2.45, 2.75) is 30.6 Å². The topological polar surface area (TPSA) is 74.7 Å². The van der Waals surface area contributed by atoms with Crippen molar-refractivity contribution in [3.05, 3.63) is 28.2 Å². The van der Waals surface area contributed by atoms with Crippen molar-refractivity contribution >= 4 is 31.9 Å². The Morgan fingerprint density at radius 1 is 1.38 bits per heavy atom. The van der Waals surface area contributed by atoms with E-state index in [9.17, 15) is 13.2 Å². The molecule has 1 aromatic rings. The maximum Gasteiger partial charge on any atom is 0.336 e. The third-order valence-corrected chi connectivity index (χ3v) is 6.38. The van der Waals surface area contributed by atoms with Crippen LogP contribution in [-0.2, 0) is 10.0 Å². The van der Waals surface area contributed by atoms with Crippen LogP contribution in [-0.4, -0.2) is 37.4 Å². The lowest BCUT2D eigenvalue weighted by molar-refractivity contribution is 0.0695. The predicted octanol–water partition coefficient (Wildman–Crippen LogP) is 2.96. The smallest absolute Gasteiger partial charge is 0.336 e. The van der Waals surface area contributed by atoms with Gasteiger partial charge in [-0.05, 0) is 52.9 Å². The Kier molecular flexibility index (Phi) is 5.06. The number of hydrogen-bond acceptors (Lipinski definition) is 3. The van der Waals surface area contributed by atoms with E-state index in [4.69, 9.17) is 5.11 Å². The standard InChI is InChI=1S/C14H18BrNO4S/c1-16(9-10-4-2-3-5-10)21(19,20)11-6-7-13(15)12(8-11)14(17)18/h6-8,10H,2-5,9H2,1H3,(H,17,18). The molecule has 1 aromatic carbocycles. The molecule has 116 valence electrons. The molecule has 5 nitrogen and oxygen atoms in total. The number of hydrogen-bond donors (Lipinski definition) is 1. The first-order chi connectivity index (χ1) is 9.82. The fourth-order valence-corrected chi connectivity index (χ4v) is 4.35. The number of carboxylic acids is 1. The van der Waals surface area contributed by atoms with E-state index in [1.165, 1.54) is 22.5 Å². The van der Waals surface area contributed by atoms with Crippen LogP contribution in [0.15, 0.2) is 27.6 Å². The van der Waals surface area contributed by atoms with E-state index in [1.54, 1.807) is 7.05 Å². The van der Waals surface area contributed by atoms with E-state index in [-0.39, 0.29) is 10.5 Å². The zero-order valence-electron chi connectivity index (χ0n) is 11.8. The van der Waals surface area contributed by atoms with Crippen LogP contribution in [0.25, 0.3) is 0 Å². The van der Waals surface area contributed by atoms with Gasteiger partial charge in [-0.2, -0.15) is 0 Å².